The average molecular weight is 216 g/mol. The maximum Gasteiger partial charge on any atom is 0.0990 e. The van der Waals surface area contributed by atoms with Gasteiger partial charge in [0.05, 0.1) is 38.1 Å². The van der Waals surface area contributed by atoms with Gasteiger partial charge in [-0.05, 0) is 12.1 Å². The average Bonchev–Trinajstić information content (AvgIpc) is 2.96. The van der Waals surface area contributed by atoms with E-state index in [4.69, 9.17) is 8.83 Å². The normalized spacial score (nSPS) is 11.8. The van der Waals surface area contributed by atoms with Crippen LogP contribution in [0.15, 0.2) is 56.0 Å². The minimum absolute atomic E-state index is 0.666. The topological polar surface area (TPSA) is 51.0 Å². The van der Waals surface area contributed by atoms with E-state index in [1.165, 1.54) is 0 Å². The van der Waals surface area contributed by atoms with Crippen molar-refractivity contribution in [2.45, 2.75) is 0 Å². The number of aliphatic imine (C=N–C) groups is 2. The summed E-state index contributed by atoms with van der Waals surface area (Å²) in [5.74, 6) is 0. The highest BCUT2D eigenvalue weighted by Crippen LogP contribution is 1.96. The van der Waals surface area contributed by atoms with Crippen LogP contribution in [0.1, 0.15) is 11.1 Å². The van der Waals surface area contributed by atoms with Crippen LogP contribution < -0.4 is 0 Å². The third-order valence-electron chi connectivity index (χ3n) is 1.93. The van der Waals surface area contributed by atoms with Crippen molar-refractivity contribution >= 4 is 12.4 Å². The van der Waals surface area contributed by atoms with Crippen molar-refractivity contribution in [3.8, 4) is 0 Å². The zero-order chi connectivity index (χ0) is 11.1. The summed E-state index contributed by atoms with van der Waals surface area (Å²) in [4.78, 5) is 8.42. The van der Waals surface area contributed by atoms with E-state index in [-0.39, 0.29) is 0 Å². The SMILES string of the molecule is C(=N\CC/N=C/c1ccoc1)/c1ccoc1. The molecule has 0 aliphatic carbocycles. The van der Waals surface area contributed by atoms with E-state index in [1.807, 2.05) is 12.1 Å². The van der Waals surface area contributed by atoms with Crippen LogP contribution in [0.4, 0.5) is 0 Å². The van der Waals surface area contributed by atoms with Gasteiger partial charge in [-0.3, -0.25) is 9.98 Å². The molecule has 0 aromatic carbocycles. The molecule has 0 atom stereocenters. The molecule has 2 heterocycles. The highest BCUT2D eigenvalue weighted by atomic mass is 16.3. The zero-order valence-corrected chi connectivity index (χ0v) is 8.74. The summed E-state index contributed by atoms with van der Waals surface area (Å²) in [6, 6.07) is 3.72. The van der Waals surface area contributed by atoms with E-state index in [0.717, 1.165) is 11.1 Å². The third kappa shape index (κ3) is 3.24. The van der Waals surface area contributed by atoms with Gasteiger partial charge in [-0.15, -0.1) is 0 Å². The van der Waals surface area contributed by atoms with Crippen LogP contribution in [-0.2, 0) is 0 Å². The fourth-order valence-electron chi connectivity index (χ4n) is 1.15. The van der Waals surface area contributed by atoms with Gasteiger partial charge < -0.3 is 8.83 Å². The number of rotatable bonds is 5. The van der Waals surface area contributed by atoms with Gasteiger partial charge >= 0.3 is 0 Å². The van der Waals surface area contributed by atoms with Crippen LogP contribution in [-0.4, -0.2) is 25.5 Å². The van der Waals surface area contributed by atoms with Gasteiger partial charge in [0.2, 0.25) is 0 Å². The second-order valence-electron chi connectivity index (χ2n) is 3.18. The molecule has 2 aromatic heterocycles. The van der Waals surface area contributed by atoms with Crippen molar-refractivity contribution in [1.29, 1.82) is 0 Å². The lowest BCUT2D eigenvalue weighted by atomic mass is 10.4. The molecule has 4 nitrogen and oxygen atoms in total. The molecule has 0 N–H and O–H groups in total. The quantitative estimate of drug-likeness (QED) is 0.569. The fourth-order valence-corrected chi connectivity index (χ4v) is 1.15. The van der Waals surface area contributed by atoms with E-state index in [1.54, 1.807) is 37.5 Å². The third-order valence-corrected chi connectivity index (χ3v) is 1.93. The summed E-state index contributed by atoms with van der Waals surface area (Å²) in [6.45, 7) is 1.33. The van der Waals surface area contributed by atoms with Gasteiger partial charge in [0.1, 0.15) is 0 Å². The summed E-state index contributed by atoms with van der Waals surface area (Å²) in [7, 11) is 0. The smallest absolute Gasteiger partial charge is 0.0990 e. The minimum atomic E-state index is 0.666. The van der Waals surface area contributed by atoms with E-state index in [0.29, 0.717) is 13.1 Å². The molecule has 0 fully saturated rings. The van der Waals surface area contributed by atoms with Crippen molar-refractivity contribution in [2.75, 3.05) is 13.1 Å². The molecule has 0 saturated heterocycles. The van der Waals surface area contributed by atoms with Gasteiger partial charge in [0.15, 0.2) is 0 Å². The molecule has 2 rings (SSSR count). The Labute approximate surface area is 93.3 Å². The lowest BCUT2D eigenvalue weighted by molar-refractivity contribution is 0.566. The summed E-state index contributed by atoms with van der Waals surface area (Å²) in [5.41, 5.74) is 1.94. The highest BCUT2D eigenvalue weighted by molar-refractivity contribution is 5.79. The monoisotopic (exact) mass is 216 g/mol. The Kier molecular flexibility index (Phi) is 3.71. The number of nitrogens with zero attached hydrogens (tertiary/aromatic N) is 2. The Morgan fingerprint density at radius 1 is 0.875 bits per heavy atom. The second-order valence-corrected chi connectivity index (χ2v) is 3.18. The van der Waals surface area contributed by atoms with Crippen LogP contribution in [0.25, 0.3) is 0 Å². The first kappa shape index (κ1) is 10.4. The van der Waals surface area contributed by atoms with E-state index in [9.17, 15) is 0 Å². The van der Waals surface area contributed by atoms with Gasteiger partial charge in [0.25, 0.3) is 0 Å². The number of furan rings is 2. The molecule has 82 valence electrons. The molecule has 0 bridgehead atoms. The van der Waals surface area contributed by atoms with Crippen molar-refractivity contribution in [1.82, 2.24) is 0 Å². The predicted molar refractivity (Wildman–Crippen MR) is 62.3 cm³/mol. The van der Waals surface area contributed by atoms with Crippen molar-refractivity contribution in [3.63, 3.8) is 0 Å². The van der Waals surface area contributed by atoms with Crippen LogP contribution in [0, 0.1) is 0 Å². The molecule has 2 aromatic rings. The summed E-state index contributed by atoms with van der Waals surface area (Å²) >= 11 is 0. The Morgan fingerprint density at radius 3 is 1.75 bits per heavy atom. The molecule has 0 spiro atoms. The van der Waals surface area contributed by atoms with Crippen molar-refractivity contribution in [2.24, 2.45) is 9.98 Å². The molecule has 0 amide bonds. The standard InChI is InChI=1S/C12H12N2O2/c1-5-15-9-11(1)7-13-3-4-14-8-12-2-6-16-10-12/h1-2,5-10H,3-4H2/b13-7+,14-8+. The predicted octanol–water partition coefficient (Wildman–Crippen LogP) is 2.41. The maximum absolute atomic E-state index is 4.91. The van der Waals surface area contributed by atoms with Gasteiger partial charge in [-0.2, -0.15) is 0 Å². The highest BCUT2D eigenvalue weighted by Gasteiger charge is 1.87. The molecule has 16 heavy (non-hydrogen) atoms. The second kappa shape index (κ2) is 5.70. The first-order valence-electron chi connectivity index (χ1n) is 4.99. The lowest BCUT2D eigenvalue weighted by Gasteiger charge is -1.87. The Balaban J connectivity index is 1.69. The fraction of sp³-hybridized carbons (Fsp3) is 0.167. The number of hydrogen-bond acceptors (Lipinski definition) is 4. The number of hydrogen-bond donors (Lipinski definition) is 0. The minimum Gasteiger partial charge on any atom is -0.472 e. The Morgan fingerprint density at radius 2 is 1.38 bits per heavy atom. The van der Waals surface area contributed by atoms with Crippen LogP contribution in [0.3, 0.4) is 0 Å². The summed E-state index contributed by atoms with van der Waals surface area (Å²) in [6.07, 6.45) is 10.1. The maximum atomic E-state index is 4.91. The lowest BCUT2D eigenvalue weighted by Crippen LogP contribution is -1.88. The Bertz CT molecular complexity index is 397. The molecular weight excluding hydrogens is 204 g/mol. The first-order valence-corrected chi connectivity index (χ1v) is 4.99. The summed E-state index contributed by atoms with van der Waals surface area (Å²) < 4.78 is 9.82. The molecule has 4 heteroatoms. The van der Waals surface area contributed by atoms with E-state index >= 15 is 0 Å². The Hall–Kier alpha value is -2.10. The van der Waals surface area contributed by atoms with Crippen LogP contribution >= 0.6 is 0 Å². The van der Waals surface area contributed by atoms with E-state index < -0.39 is 0 Å². The largest absolute Gasteiger partial charge is 0.472 e. The van der Waals surface area contributed by atoms with Crippen molar-refractivity contribution in [3.05, 3.63) is 48.3 Å². The van der Waals surface area contributed by atoms with Crippen LogP contribution in [0.5, 0.6) is 0 Å². The van der Waals surface area contributed by atoms with Gasteiger partial charge in [0, 0.05) is 23.6 Å². The molecule has 0 unspecified atom stereocenters. The molecule has 0 radical (unpaired) electrons. The zero-order valence-electron chi connectivity index (χ0n) is 8.74. The van der Waals surface area contributed by atoms with Gasteiger partial charge in [-0.25, -0.2) is 0 Å². The molecular formula is C12H12N2O2. The summed E-state index contributed by atoms with van der Waals surface area (Å²) in [5, 5.41) is 0. The molecule has 0 aliphatic heterocycles. The molecule has 0 saturated carbocycles. The molecule has 0 aliphatic rings. The van der Waals surface area contributed by atoms with Crippen molar-refractivity contribution < 1.29 is 8.83 Å². The van der Waals surface area contributed by atoms with Gasteiger partial charge in [-0.1, -0.05) is 0 Å². The van der Waals surface area contributed by atoms with Crippen LogP contribution in [0.2, 0.25) is 0 Å². The van der Waals surface area contributed by atoms with E-state index in [2.05, 4.69) is 9.98 Å². The first-order chi connectivity index (χ1) is 7.95.